The standard InChI is InChI=1S/C17H21N7/c18-12-22-7-4-15(10-22)24-11-16(21-13-24)14-2-8-23(9-3-14)17-19-5-1-6-20-17/h1,5-6,11,13-15H,2-4,7-10H2/t15-/m1/s1. The summed E-state index contributed by atoms with van der Waals surface area (Å²) in [6.07, 6.45) is 13.1. The van der Waals surface area contributed by atoms with Crippen LogP contribution in [-0.2, 0) is 0 Å². The zero-order valence-electron chi connectivity index (χ0n) is 13.6. The van der Waals surface area contributed by atoms with Crippen LogP contribution < -0.4 is 4.90 Å². The van der Waals surface area contributed by atoms with Crippen LogP contribution in [0.4, 0.5) is 5.95 Å². The van der Waals surface area contributed by atoms with Crippen LogP contribution in [0.3, 0.4) is 0 Å². The third kappa shape index (κ3) is 2.92. The van der Waals surface area contributed by atoms with Crippen LogP contribution in [-0.4, -0.2) is 50.6 Å². The second kappa shape index (κ2) is 6.48. The van der Waals surface area contributed by atoms with E-state index in [9.17, 15) is 0 Å². The van der Waals surface area contributed by atoms with Gasteiger partial charge in [-0.15, -0.1) is 0 Å². The molecule has 0 amide bonds. The number of imidazole rings is 1. The van der Waals surface area contributed by atoms with Crippen LogP contribution in [0.5, 0.6) is 0 Å². The summed E-state index contributed by atoms with van der Waals surface area (Å²) in [6, 6.07) is 2.23. The van der Waals surface area contributed by atoms with Crippen LogP contribution in [0.1, 0.15) is 36.9 Å². The van der Waals surface area contributed by atoms with Crippen molar-refractivity contribution in [3.8, 4) is 6.19 Å². The number of rotatable bonds is 3. The van der Waals surface area contributed by atoms with E-state index < -0.39 is 0 Å². The fraction of sp³-hybridized carbons (Fsp3) is 0.529. The van der Waals surface area contributed by atoms with Gasteiger partial charge in [-0.25, -0.2) is 15.0 Å². The number of aromatic nitrogens is 4. The summed E-state index contributed by atoms with van der Waals surface area (Å²) in [4.78, 5) is 17.4. The largest absolute Gasteiger partial charge is 0.341 e. The SMILES string of the molecule is N#CN1CC[C@@H](n2cnc(C3CCN(c4ncccn4)CC3)c2)C1. The fourth-order valence-corrected chi connectivity index (χ4v) is 3.67. The topological polar surface area (TPSA) is 73.9 Å². The summed E-state index contributed by atoms with van der Waals surface area (Å²) < 4.78 is 2.19. The Morgan fingerprint density at radius 1 is 1.04 bits per heavy atom. The highest BCUT2D eigenvalue weighted by molar-refractivity contribution is 5.30. The van der Waals surface area contributed by atoms with Gasteiger partial charge in [0, 0.05) is 50.7 Å². The molecule has 0 saturated carbocycles. The lowest BCUT2D eigenvalue weighted by Gasteiger charge is -2.31. The number of anilines is 1. The molecule has 0 aromatic carbocycles. The molecule has 4 rings (SSSR count). The summed E-state index contributed by atoms with van der Waals surface area (Å²) in [7, 11) is 0. The molecule has 2 aromatic rings. The first-order valence-corrected chi connectivity index (χ1v) is 8.53. The second-order valence-electron chi connectivity index (χ2n) is 6.54. The van der Waals surface area contributed by atoms with E-state index in [1.807, 2.05) is 17.3 Å². The molecule has 2 aliphatic heterocycles. The van der Waals surface area contributed by atoms with Gasteiger partial charge in [-0.3, -0.25) is 0 Å². The summed E-state index contributed by atoms with van der Waals surface area (Å²) >= 11 is 0. The molecule has 0 unspecified atom stereocenters. The van der Waals surface area contributed by atoms with Crippen LogP contribution in [0.2, 0.25) is 0 Å². The van der Waals surface area contributed by atoms with Crippen molar-refractivity contribution in [1.29, 1.82) is 5.26 Å². The first kappa shape index (κ1) is 14.9. The molecule has 4 heterocycles. The molecule has 1 atom stereocenters. The molecule has 0 radical (unpaired) electrons. The summed E-state index contributed by atoms with van der Waals surface area (Å²) in [6.45, 7) is 3.58. The van der Waals surface area contributed by atoms with Gasteiger partial charge in [0.25, 0.3) is 0 Å². The number of nitrogens with zero attached hydrogens (tertiary/aromatic N) is 7. The highest BCUT2D eigenvalue weighted by Crippen LogP contribution is 2.29. The monoisotopic (exact) mass is 323 g/mol. The molecule has 0 bridgehead atoms. The summed E-state index contributed by atoms with van der Waals surface area (Å²) in [5, 5.41) is 8.99. The first-order valence-electron chi connectivity index (χ1n) is 8.53. The second-order valence-corrected chi connectivity index (χ2v) is 6.54. The molecule has 2 saturated heterocycles. The van der Waals surface area contributed by atoms with Crippen molar-refractivity contribution in [2.45, 2.75) is 31.2 Å². The Labute approximate surface area is 141 Å². The van der Waals surface area contributed by atoms with Crippen LogP contribution in [0.25, 0.3) is 0 Å². The smallest absolute Gasteiger partial charge is 0.225 e. The maximum atomic E-state index is 8.99. The number of nitriles is 1. The molecular weight excluding hydrogens is 302 g/mol. The lowest BCUT2D eigenvalue weighted by Crippen LogP contribution is -2.34. The fourth-order valence-electron chi connectivity index (χ4n) is 3.67. The average Bonchev–Trinajstić information content (AvgIpc) is 3.32. The number of hydrogen-bond acceptors (Lipinski definition) is 6. The van der Waals surface area contributed by atoms with Crippen molar-refractivity contribution in [2.24, 2.45) is 0 Å². The van der Waals surface area contributed by atoms with Crippen molar-refractivity contribution >= 4 is 5.95 Å². The molecule has 7 heteroatoms. The summed E-state index contributed by atoms with van der Waals surface area (Å²) in [5.41, 5.74) is 1.18. The molecule has 124 valence electrons. The quantitative estimate of drug-likeness (QED) is 0.802. The lowest BCUT2D eigenvalue weighted by molar-refractivity contribution is 0.446. The maximum Gasteiger partial charge on any atom is 0.225 e. The van der Waals surface area contributed by atoms with E-state index in [1.165, 1.54) is 5.69 Å². The van der Waals surface area contributed by atoms with Crippen LogP contribution in [0.15, 0.2) is 31.0 Å². The summed E-state index contributed by atoms with van der Waals surface area (Å²) in [5.74, 6) is 1.32. The zero-order chi connectivity index (χ0) is 16.4. The predicted molar refractivity (Wildman–Crippen MR) is 89.3 cm³/mol. The minimum absolute atomic E-state index is 0.378. The van der Waals surface area contributed by atoms with E-state index in [0.29, 0.717) is 12.0 Å². The van der Waals surface area contributed by atoms with Gasteiger partial charge in [0.05, 0.1) is 18.1 Å². The maximum absolute atomic E-state index is 8.99. The van der Waals surface area contributed by atoms with Gasteiger partial charge in [0.2, 0.25) is 5.95 Å². The first-order chi connectivity index (χ1) is 11.8. The highest BCUT2D eigenvalue weighted by Gasteiger charge is 2.26. The van der Waals surface area contributed by atoms with Crippen molar-refractivity contribution in [2.75, 3.05) is 31.1 Å². The molecule has 0 aliphatic carbocycles. The van der Waals surface area contributed by atoms with Gasteiger partial charge < -0.3 is 14.4 Å². The van der Waals surface area contributed by atoms with E-state index in [-0.39, 0.29) is 0 Å². The van der Waals surface area contributed by atoms with Crippen LogP contribution >= 0.6 is 0 Å². The Bertz CT molecular complexity index is 712. The Balaban J connectivity index is 1.37. The molecule has 2 aromatic heterocycles. The number of hydrogen-bond donors (Lipinski definition) is 0. The molecule has 24 heavy (non-hydrogen) atoms. The third-order valence-corrected chi connectivity index (χ3v) is 5.10. The van der Waals surface area contributed by atoms with E-state index in [1.54, 1.807) is 12.4 Å². The number of piperidine rings is 1. The zero-order valence-corrected chi connectivity index (χ0v) is 13.6. The van der Waals surface area contributed by atoms with E-state index in [2.05, 4.69) is 36.8 Å². The highest BCUT2D eigenvalue weighted by atomic mass is 15.2. The third-order valence-electron chi connectivity index (χ3n) is 5.10. The van der Waals surface area contributed by atoms with E-state index in [0.717, 1.165) is 51.4 Å². The Hall–Kier alpha value is -2.62. The molecule has 0 N–H and O–H groups in total. The average molecular weight is 323 g/mol. The van der Waals surface area contributed by atoms with Gasteiger partial charge in [0.1, 0.15) is 0 Å². The Kier molecular flexibility index (Phi) is 4.03. The van der Waals surface area contributed by atoms with Gasteiger partial charge in [0.15, 0.2) is 6.19 Å². The van der Waals surface area contributed by atoms with Gasteiger partial charge in [-0.1, -0.05) is 0 Å². The minimum Gasteiger partial charge on any atom is -0.341 e. The molecule has 7 nitrogen and oxygen atoms in total. The molecule has 2 aliphatic rings. The van der Waals surface area contributed by atoms with Gasteiger partial charge >= 0.3 is 0 Å². The normalized spacial score (nSPS) is 21.9. The van der Waals surface area contributed by atoms with Crippen molar-refractivity contribution < 1.29 is 0 Å². The minimum atomic E-state index is 0.378. The van der Waals surface area contributed by atoms with Gasteiger partial charge in [-0.2, -0.15) is 5.26 Å². The van der Waals surface area contributed by atoms with Crippen molar-refractivity contribution in [1.82, 2.24) is 24.4 Å². The molecular formula is C17H21N7. The van der Waals surface area contributed by atoms with Crippen molar-refractivity contribution in [3.63, 3.8) is 0 Å². The van der Waals surface area contributed by atoms with Gasteiger partial charge in [-0.05, 0) is 25.3 Å². The van der Waals surface area contributed by atoms with E-state index in [4.69, 9.17) is 5.26 Å². The van der Waals surface area contributed by atoms with Crippen molar-refractivity contribution in [3.05, 3.63) is 36.7 Å². The van der Waals surface area contributed by atoms with E-state index >= 15 is 0 Å². The lowest BCUT2D eigenvalue weighted by atomic mass is 9.94. The van der Waals surface area contributed by atoms with Crippen LogP contribution in [0, 0.1) is 11.5 Å². The Morgan fingerprint density at radius 2 is 1.83 bits per heavy atom. The predicted octanol–water partition coefficient (Wildman–Crippen LogP) is 1.78. The molecule has 2 fully saturated rings. The molecule has 0 spiro atoms. The number of likely N-dealkylation sites (tertiary alicyclic amines) is 1. The Morgan fingerprint density at radius 3 is 2.54 bits per heavy atom.